The lowest BCUT2D eigenvalue weighted by atomic mass is 9.97. The third-order valence-electron chi connectivity index (χ3n) is 6.35. The van der Waals surface area contributed by atoms with E-state index in [1.165, 1.54) is 11.1 Å². The van der Waals surface area contributed by atoms with Crippen molar-refractivity contribution in [3.63, 3.8) is 0 Å². The topological polar surface area (TPSA) is 83.3 Å². The van der Waals surface area contributed by atoms with Gasteiger partial charge in [0, 0.05) is 54.6 Å². The Kier molecular flexibility index (Phi) is 5.70. The highest BCUT2D eigenvalue weighted by molar-refractivity contribution is 6.30. The van der Waals surface area contributed by atoms with Crippen molar-refractivity contribution in [2.24, 2.45) is 0 Å². The monoisotopic (exact) mass is 438 g/mol. The molecule has 0 saturated carbocycles. The van der Waals surface area contributed by atoms with Gasteiger partial charge in [-0.3, -0.25) is 15.0 Å². The van der Waals surface area contributed by atoms with Crippen LogP contribution in [0.2, 0.25) is 5.02 Å². The summed E-state index contributed by atoms with van der Waals surface area (Å²) in [5.41, 5.74) is 8.29. The van der Waals surface area contributed by atoms with Gasteiger partial charge in [0.2, 0.25) is 0 Å². The standard InChI is InChI=1S/C23H27ClN6O/c24-18-3-1-16(2-4-18)11-20-15-31-21-13-26-8-5-17(21)14-30(20)19-6-9-29(10-7-19)23-12-22(25)27-28-23/h1-5,8,12-13,19-20H,6-7,9-11,14-15H2,(H3,25,27,28)/t20-/m0/s1. The molecule has 0 bridgehead atoms. The van der Waals surface area contributed by atoms with Crippen LogP contribution in [0.1, 0.15) is 24.0 Å². The summed E-state index contributed by atoms with van der Waals surface area (Å²) >= 11 is 6.10. The molecule has 5 rings (SSSR count). The van der Waals surface area contributed by atoms with E-state index in [0.717, 1.165) is 55.5 Å². The maximum atomic E-state index is 6.20. The highest BCUT2D eigenvalue weighted by Crippen LogP contribution is 2.31. The largest absolute Gasteiger partial charge is 0.490 e. The summed E-state index contributed by atoms with van der Waals surface area (Å²) in [5.74, 6) is 2.44. The van der Waals surface area contributed by atoms with Gasteiger partial charge in [-0.15, -0.1) is 0 Å². The number of H-pyrrole nitrogens is 1. The van der Waals surface area contributed by atoms with Crippen LogP contribution in [0.5, 0.6) is 5.75 Å². The molecule has 0 unspecified atom stereocenters. The second-order valence-corrected chi connectivity index (χ2v) is 8.79. The minimum absolute atomic E-state index is 0.283. The van der Waals surface area contributed by atoms with Gasteiger partial charge < -0.3 is 15.4 Å². The normalized spacial score (nSPS) is 20.2. The quantitative estimate of drug-likeness (QED) is 0.648. The van der Waals surface area contributed by atoms with E-state index >= 15 is 0 Å². The molecular formula is C23H27ClN6O. The predicted octanol–water partition coefficient (Wildman–Crippen LogP) is 3.52. The summed E-state index contributed by atoms with van der Waals surface area (Å²) in [6, 6.07) is 12.9. The summed E-state index contributed by atoms with van der Waals surface area (Å²) in [6.07, 6.45) is 6.76. The first-order valence-corrected chi connectivity index (χ1v) is 11.2. The lowest BCUT2D eigenvalue weighted by Gasteiger charge is -2.41. The Morgan fingerprint density at radius 1 is 1.16 bits per heavy atom. The molecule has 1 fully saturated rings. The molecule has 0 spiro atoms. The van der Waals surface area contributed by atoms with E-state index in [1.807, 2.05) is 30.6 Å². The summed E-state index contributed by atoms with van der Waals surface area (Å²) in [4.78, 5) is 9.20. The number of pyridine rings is 1. The third-order valence-corrected chi connectivity index (χ3v) is 6.60. The van der Waals surface area contributed by atoms with Gasteiger partial charge in [0.1, 0.15) is 18.2 Å². The fourth-order valence-corrected chi connectivity index (χ4v) is 4.81. The second kappa shape index (κ2) is 8.77. The van der Waals surface area contributed by atoms with E-state index < -0.39 is 0 Å². The molecule has 4 heterocycles. The smallest absolute Gasteiger partial charge is 0.152 e. The van der Waals surface area contributed by atoms with E-state index in [2.05, 4.69) is 43.2 Å². The maximum absolute atomic E-state index is 6.20. The number of fused-ring (bicyclic) bond motifs is 1. The summed E-state index contributed by atoms with van der Waals surface area (Å²) in [7, 11) is 0. The first-order chi connectivity index (χ1) is 15.2. The number of nitrogen functional groups attached to an aromatic ring is 1. The number of nitrogens with zero attached hydrogens (tertiary/aromatic N) is 4. The van der Waals surface area contributed by atoms with Crippen molar-refractivity contribution in [2.75, 3.05) is 30.3 Å². The van der Waals surface area contributed by atoms with Gasteiger partial charge in [-0.2, -0.15) is 5.10 Å². The van der Waals surface area contributed by atoms with E-state index in [1.54, 1.807) is 0 Å². The first-order valence-electron chi connectivity index (χ1n) is 10.8. The molecule has 3 aromatic rings. The van der Waals surface area contributed by atoms with E-state index in [-0.39, 0.29) is 6.04 Å². The number of nitrogens with two attached hydrogens (primary N) is 1. The van der Waals surface area contributed by atoms with E-state index in [9.17, 15) is 0 Å². The van der Waals surface area contributed by atoms with Crippen LogP contribution in [-0.2, 0) is 13.0 Å². The number of aromatic nitrogens is 3. The minimum Gasteiger partial charge on any atom is -0.490 e. The van der Waals surface area contributed by atoms with Crippen LogP contribution < -0.4 is 15.4 Å². The van der Waals surface area contributed by atoms with Crippen molar-refractivity contribution < 1.29 is 4.74 Å². The number of nitrogens with one attached hydrogen (secondary N) is 1. The predicted molar refractivity (Wildman–Crippen MR) is 122 cm³/mol. The van der Waals surface area contributed by atoms with Crippen molar-refractivity contribution in [3.8, 4) is 5.75 Å². The number of hydrogen-bond donors (Lipinski definition) is 2. The molecule has 31 heavy (non-hydrogen) atoms. The molecule has 0 amide bonds. The fraction of sp³-hybridized carbons (Fsp3) is 0.391. The molecule has 2 aliphatic heterocycles. The SMILES string of the molecule is Nc1cc(N2CCC(N3Cc4ccncc4OC[C@@H]3Cc3ccc(Cl)cc3)CC2)n[nH]1. The van der Waals surface area contributed by atoms with Crippen molar-refractivity contribution in [1.29, 1.82) is 0 Å². The van der Waals surface area contributed by atoms with Crippen LogP contribution in [0.15, 0.2) is 48.8 Å². The first kappa shape index (κ1) is 20.2. The maximum Gasteiger partial charge on any atom is 0.152 e. The zero-order chi connectivity index (χ0) is 21.2. The van der Waals surface area contributed by atoms with Gasteiger partial charge in [0.15, 0.2) is 5.82 Å². The molecule has 2 aliphatic rings. The Morgan fingerprint density at radius 2 is 1.97 bits per heavy atom. The Labute approximate surface area is 187 Å². The number of piperidine rings is 1. The second-order valence-electron chi connectivity index (χ2n) is 8.35. The van der Waals surface area contributed by atoms with Gasteiger partial charge in [0.25, 0.3) is 0 Å². The zero-order valence-electron chi connectivity index (χ0n) is 17.4. The molecular weight excluding hydrogens is 412 g/mol. The molecule has 0 radical (unpaired) electrons. The molecule has 1 atom stereocenters. The molecule has 1 saturated heterocycles. The average Bonchev–Trinajstić information content (AvgIpc) is 3.15. The van der Waals surface area contributed by atoms with Gasteiger partial charge in [0.05, 0.1) is 6.20 Å². The zero-order valence-corrected chi connectivity index (χ0v) is 18.1. The van der Waals surface area contributed by atoms with Crippen LogP contribution in [0, 0.1) is 0 Å². The highest BCUT2D eigenvalue weighted by Gasteiger charge is 2.33. The summed E-state index contributed by atoms with van der Waals surface area (Å²) in [5, 5.41) is 7.93. The molecule has 2 aromatic heterocycles. The molecule has 3 N–H and O–H groups in total. The number of hydrogen-bond acceptors (Lipinski definition) is 6. The van der Waals surface area contributed by atoms with Crippen LogP contribution in [0.3, 0.4) is 0 Å². The average molecular weight is 439 g/mol. The highest BCUT2D eigenvalue weighted by atomic mass is 35.5. The number of anilines is 2. The van der Waals surface area contributed by atoms with Crippen LogP contribution >= 0.6 is 11.6 Å². The molecule has 162 valence electrons. The van der Waals surface area contributed by atoms with Crippen molar-refractivity contribution in [1.82, 2.24) is 20.1 Å². The number of aromatic amines is 1. The van der Waals surface area contributed by atoms with Crippen LogP contribution in [-0.4, -0.2) is 51.9 Å². The van der Waals surface area contributed by atoms with Gasteiger partial charge in [-0.05, 0) is 43.0 Å². The van der Waals surface area contributed by atoms with E-state index in [0.29, 0.717) is 18.5 Å². The van der Waals surface area contributed by atoms with Crippen molar-refractivity contribution >= 4 is 23.2 Å². The Bertz CT molecular complexity index is 1010. The third kappa shape index (κ3) is 4.48. The molecule has 1 aromatic carbocycles. The van der Waals surface area contributed by atoms with Crippen molar-refractivity contribution in [3.05, 3.63) is 64.9 Å². The van der Waals surface area contributed by atoms with Gasteiger partial charge in [-0.25, -0.2) is 0 Å². The van der Waals surface area contributed by atoms with Crippen molar-refractivity contribution in [2.45, 2.75) is 37.9 Å². The van der Waals surface area contributed by atoms with Gasteiger partial charge >= 0.3 is 0 Å². The lowest BCUT2D eigenvalue weighted by Crippen LogP contribution is -2.50. The number of benzene rings is 1. The summed E-state index contributed by atoms with van der Waals surface area (Å²) in [6.45, 7) is 3.44. The molecule has 7 nitrogen and oxygen atoms in total. The Morgan fingerprint density at radius 3 is 2.71 bits per heavy atom. The Hall–Kier alpha value is -2.77. The lowest BCUT2D eigenvalue weighted by molar-refractivity contribution is 0.0834. The number of halogens is 1. The number of rotatable bonds is 4. The number of ether oxygens (including phenoxy) is 1. The van der Waals surface area contributed by atoms with Gasteiger partial charge in [-0.1, -0.05) is 23.7 Å². The molecule has 8 heteroatoms. The minimum atomic E-state index is 0.283. The fourth-order valence-electron chi connectivity index (χ4n) is 4.69. The van der Waals surface area contributed by atoms with E-state index in [4.69, 9.17) is 22.1 Å². The summed E-state index contributed by atoms with van der Waals surface area (Å²) < 4.78 is 6.20. The van der Waals surface area contributed by atoms with Crippen LogP contribution in [0.25, 0.3) is 0 Å². The Balaban J connectivity index is 1.35. The van der Waals surface area contributed by atoms with Crippen LogP contribution in [0.4, 0.5) is 11.6 Å². The molecule has 0 aliphatic carbocycles.